The minimum Gasteiger partial charge on any atom is -0.399 e. The SMILES string of the molecule is Nc1ccc(N2CCC(N3CCOCC3)CC2)c(F)c1. The Bertz CT molecular complexity index is 454. The summed E-state index contributed by atoms with van der Waals surface area (Å²) in [5.74, 6) is -0.213. The van der Waals surface area contributed by atoms with Crippen molar-refractivity contribution >= 4 is 11.4 Å². The highest BCUT2D eigenvalue weighted by Gasteiger charge is 2.26. The van der Waals surface area contributed by atoms with Crippen LogP contribution in [0.5, 0.6) is 0 Å². The third-order valence-electron chi connectivity index (χ3n) is 4.34. The van der Waals surface area contributed by atoms with E-state index in [4.69, 9.17) is 10.5 Å². The summed E-state index contributed by atoms with van der Waals surface area (Å²) < 4.78 is 19.3. The molecule has 0 unspecified atom stereocenters. The van der Waals surface area contributed by atoms with Crippen molar-refractivity contribution in [1.29, 1.82) is 0 Å². The van der Waals surface area contributed by atoms with Gasteiger partial charge in [0, 0.05) is 37.9 Å². The normalized spacial score (nSPS) is 22.1. The van der Waals surface area contributed by atoms with Crippen LogP contribution in [0, 0.1) is 5.82 Å². The molecule has 2 aliphatic rings. The lowest BCUT2D eigenvalue weighted by molar-refractivity contribution is 0.0115. The van der Waals surface area contributed by atoms with Gasteiger partial charge in [-0.2, -0.15) is 0 Å². The molecule has 0 spiro atoms. The highest BCUT2D eigenvalue weighted by molar-refractivity contribution is 5.54. The number of nitrogens with zero attached hydrogens (tertiary/aromatic N) is 2. The molecule has 0 aliphatic carbocycles. The van der Waals surface area contributed by atoms with Crippen molar-refractivity contribution in [3.05, 3.63) is 24.0 Å². The Labute approximate surface area is 119 Å². The van der Waals surface area contributed by atoms with Gasteiger partial charge in [-0.15, -0.1) is 0 Å². The third kappa shape index (κ3) is 2.88. The number of ether oxygens (including phenoxy) is 1. The van der Waals surface area contributed by atoms with E-state index in [0.29, 0.717) is 17.4 Å². The highest BCUT2D eigenvalue weighted by atomic mass is 19.1. The molecule has 2 aliphatic heterocycles. The first-order valence-electron chi connectivity index (χ1n) is 7.36. The second kappa shape index (κ2) is 5.97. The molecule has 2 saturated heterocycles. The summed E-state index contributed by atoms with van der Waals surface area (Å²) in [5, 5.41) is 0. The van der Waals surface area contributed by atoms with E-state index in [1.165, 1.54) is 6.07 Å². The van der Waals surface area contributed by atoms with Gasteiger partial charge in [-0.05, 0) is 31.0 Å². The van der Waals surface area contributed by atoms with Crippen LogP contribution >= 0.6 is 0 Å². The number of benzene rings is 1. The molecule has 0 atom stereocenters. The maximum absolute atomic E-state index is 13.9. The largest absolute Gasteiger partial charge is 0.399 e. The molecular formula is C15H22FN3O. The summed E-state index contributed by atoms with van der Waals surface area (Å²) in [6.07, 6.45) is 2.17. The monoisotopic (exact) mass is 279 g/mol. The van der Waals surface area contributed by atoms with Gasteiger partial charge in [-0.3, -0.25) is 4.90 Å². The van der Waals surface area contributed by atoms with Crippen LogP contribution in [0.4, 0.5) is 15.8 Å². The van der Waals surface area contributed by atoms with Crippen molar-refractivity contribution in [1.82, 2.24) is 4.90 Å². The fourth-order valence-electron chi connectivity index (χ4n) is 3.19. The fraction of sp³-hybridized carbons (Fsp3) is 0.600. The van der Waals surface area contributed by atoms with E-state index < -0.39 is 0 Å². The Kier molecular flexibility index (Phi) is 4.08. The molecule has 2 fully saturated rings. The Morgan fingerprint density at radius 2 is 1.80 bits per heavy atom. The second-order valence-electron chi connectivity index (χ2n) is 5.58. The topological polar surface area (TPSA) is 41.7 Å². The van der Waals surface area contributed by atoms with E-state index >= 15 is 0 Å². The van der Waals surface area contributed by atoms with Crippen LogP contribution in [0.1, 0.15) is 12.8 Å². The number of morpholine rings is 1. The van der Waals surface area contributed by atoms with Crippen molar-refractivity contribution in [2.24, 2.45) is 0 Å². The molecule has 0 amide bonds. The predicted molar refractivity (Wildman–Crippen MR) is 78.4 cm³/mol. The van der Waals surface area contributed by atoms with Crippen molar-refractivity contribution in [3.8, 4) is 0 Å². The average molecular weight is 279 g/mol. The summed E-state index contributed by atoms with van der Waals surface area (Å²) in [5.41, 5.74) is 6.76. The Morgan fingerprint density at radius 1 is 1.10 bits per heavy atom. The summed E-state index contributed by atoms with van der Waals surface area (Å²) in [7, 11) is 0. The Morgan fingerprint density at radius 3 is 2.45 bits per heavy atom. The first-order valence-corrected chi connectivity index (χ1v) is 7.36. The molecule has 1 aromatic carbocycles. The van der Waals surface area contributed by atoms with Crippen LogP contribution < -0.4 is 10.6 Å². The van der Waals surface area contributed by atoms with Gasteiger partial charge < -0.3 is 15.4 Å². The van der Waals surface area contributed by atoms with Crippen LogP contribution in [-0.4, -0.2) is 50.3 Å². The maximum Gasteiger partial charge on any atom is 0.148 e. The number of rotatable bonds is 2. The second-order valence-corrected chi connectivity index (χ2v) is 5.58. The van der Waals surface area contributed by atoms with E-state index in [0.717, 1.165) is 52.2 Å². The fourth-order valence-corrected chi connectivity index (χ4v) is 3.19. The zero-order valence-electron chi connectivity index (χ0n) is 11.7. The van der Waals surface area contributed by atoms with Gasteiger partial charge in [0.2, 0.25) is 0 Å². The molecular weight excluding hydrogens is 257 g/mol. The van der Waals surface area contributed by atoms with Crippen LogP contribution in [0.2, 0.25) is 0 Å². The first kappa shape index (κ1) is 13.6. The van der Waals surface area contributed by atoms with Gasteiger partial charge in [0.15, 0.2) is 0 Å². The third-order valence-corrected chi connectivity index (χ3v) is 4.34. The van der Waals surface area contributed by atoms with E-state index in [-0.39, 0.29) is 5.82 Å². The molecule has 110 valence electrons. The van der Waals surface area contributed by atoms with Crippen LogP contribution in [0.3, 0.4) is 0 Å². The lowest BCUT2D eigenvalue weighted by Crippen LogP contribution is -2.49. The quantitative estimate of drug-likeness (QED) is 0.837. The number of anilines is 2. The summed E-state index contributed by atoms with van der Waals surface area (Å²) in [6.45, 7) is 5.55. The van der Waals surface area contributed by atoms with Gasteiger partial charge in [0.05, 0.1) is 18.9 Å². The van der Waals surface area contributed by atoms with Crippen LogP contribution in [-0.2, 0) is 4.74 Å². The van der Waals surface area contributed by atoms with Crippen LogP contribution in [0.25, 0.3) is 0 Å². The summed E-state index contributed by atoms with van der Waals surface area (Å²) >= 11 is 0. The molecule has 4 nitrogen and oxygen atoms in total. The molecule has 20 heavy (non-hydrogen) atoms. The van der Waals surface area contributed by atoms with E-state index in [9.17, 15) is 4.39 Å². The minimum absolute atomic E-state index is 0.213. The lowest BCUT2D eigenvalue weighted by atomic mass is 10.0. The number of nitrogen functional groups attached to an aromatic ring is 1. The molecule has 0 bridgehead atoms. The number of piperidine rings is 1. The van der Waals surface area contributed by atoms with Crippen molar-refractivity contribution in [3.63, 3.8) is 0 Å². The van der Waals surface area contributed by atoms with Gasteiger partial charge in [-0.1, -0.05) is 0 Å². The van der Waals surface area contributed by atoms with Crippen molar-refractivity contribution in [2.75, 3.05) is 50.0 Å². The summed E-state index contributed by atoms with van der Waals surface area (Å²) in [6, 6.07) is 5.59. The molecule has 1 aromatic rings. The van der Waals surface area contributed by atoms with Crippen LogP contribution in [0.15, 0.2) is 18.2 Å². The molecule has 3 rings (SSSR count). The van der Waals surface area contributed by atoms with Crippen molar-refractivity contribution < 1.29 is 9.13 Å². The smallest absolute Gasteiger partial charge is 0.148 e. The highest BCUT2D eigenvalue weighted by Crippen LogP contribution is 2.26. The van der Waals surface area contributed by atoms with Gasteiger partial charge in [-0.25, -0.2) is 4.39 Å². The molecule has 0 aromatic heterocycles. The van der Waals surface area contributed by atoms with E-state index in [1.807, 2.05) is 0 Å². The molecule has 0 radical (unpaired) electrons. The molecule has 5 heteroatoms. The molecule has 2 N–H and O–H groups in total. The standard InChI is InChI=1S/C15H22FN3O/c16-14-11-12(17)1-2-15(14)19-5-3-13(4-6-19)18-7-9-20-10-8-18/h1-2,11,13H,3-10,17H2. The molecule has 2 heterocycles. The minimum atomic E-state index is -0.213. The van der Waals surface area contributed by atoms with Gasteiger partial charge in [0.25, 0.3) is 0 Å². The number of halogens is 1. The van der Waals surface area contributed by atoms with Gasteiger partial charge in [0.1, 0.15) is 5.82 Å². The predicted octanol–water partition coefficient (Wildman–Crippen LogP) is 1.71. The zero-order valence-corrected chi connectivity index (χ0v) is 11.7. The first-order chi connectivity index (χ1) is 9.74. The Balaban J connectivity index is 1.60. The lowest BCUT2D eigenvalue weighted by Gasteiger charge is -2.40. The number of hydrogen-bond acceptors (Lipinski definition) is 4. The zero-order chi connectivity index (χ0) is 13.9. The molecule has 0 saturated carbocycles. The number of hydrogen-bond donors (Lipinski definition) is 1. The van der Waals surface area contributed by atoms with E-state index in [1.54, 1.807) is 12.1 Å². The number of nitrogens with two attached hydrogens (primary N) is 1. The van der Waals surface area contributed by atoms with E-state index in [2.05, 4.69) is 9.80 Å². The van der Waals surface area contributed by atoms with Crippen molar-refractivity contribution in [2.45, 2.75) is 18.9 Å². The average Bonchev–Trinajstić information content (AvgIpc) is 2.48. The Hall–Kier alpha value is -1.33. The van der Waals surface area contributed by atoms with Gasteiger partial charge >= 0.3 is 0 Å². The summed E-state index contributed by atoms with van der Waals surface area (Å²) in [4.78, 5) is 4.64. The maximum atomic E-state index is 13.9.